The minimum absolute atomic E-state index is 0.384. The number of rotatable bonds is 3. The molecule has 0 amide bonds. The maximum Gasteiger partial charge on any atom is 0.141 e. The number of hydrogen-bond acceptors (Lipinski definition) is 3. The summed E-state index contributed by atoms with van der Waals surface area (Å²) in [6.07, 6.45) is 1.65. The van der Waals surface area contributed by atoms with Gasteiger partial charge >= 0.3 is 0 Å². The van der Waals surface area contributed by atoms with Crippen molar-refractivity contribution in [1.82, 2.24) is 14.5 Å². The zero-order chi connectivity index (χ0) is 22.2. The highest BCUT2D eigenvalue weighted by atomic mass is 15.0. The predicted molar refractivity (Wildman–Crippen MR) is 132 cm³/mol. The Morgan fingerprint density at radius 2 is 1.36 bits per heavy atom. The van der Waals surface area contributed by atoms with Gasteiger partial charge in [-0.1, -0.05) is 48.5 Å². The van der Waals surface area contributed by atoms with Crippen LogP contribution in [-0.4, -0.2) is 14.5 Å². The van der Waals surface area contributed by atoms with E-state index in [1.807, 2.05) is 30.3 Å². The fourth-order valence-corrected chi connectivity index (χ4v) is 4.39. The number of aromatic nitrogens is 3. The number of nitrogens with zero attached hydrogens (tertiary/aromatic N) is 4. The highest BCUT2D eigenvalue weighted by molar-refractivity contribution is 6.10. The molecule has 6 aromatic rings. The van der Waals surface area contributed by atoms with Crippen LogP contribution in [0.15, 0.2) is 109 Å². The largest absolute Gasteiger partial charge is 0.309 e. The second kappa shape index (κ2) is 7.74. The van der Waals surface area contributed by atoms with Crippen molar-refractivity contribution in [3.63, 3.8) is 0 Å². The molecule has 0 aliphatic carbocycles. The third-order valence-electron chi connectivity index (χ3n) is 5.90. The molecule has 3 aromatic heterocycles. The van der Waals surface area contributed by atoms with Gasteiger partial charge in [0.25, 0.3) is 0 Å². The Bertz CT molecular complexity index is 1670. The van der Waals surface area contributed by atoms with Crippen molar-refractivity contribution in [3.8, 4) is 34.3 Å². The molecule has 0 radical (unpaired) electrons. The molecule has 0 spiro atoms. The van der Waals surface area contributed by atoms with E-state index in [4.69, 9.17) is 4.98 Å². The van der Waals surface area contributed by atoms with Crippen LogP contribution in [0.1, 0.15) is 5.69 Å². The van der Waals surface area contributed by atoms with Gasteiger partial charge in [0, 0.05) is 33.8 Å². The molecule has 0 saturated heterocycles. The van der Waals surface area contributed by atoms with Crippen LogP contribution in [-0.2, 0) is 0 Å². The minimum atomic E-state index is 0.384. The Kier molecular flexibility index (Phi) is 4.45. The molecule has 33 heavy (non-hydrogen) atoms. The van der Waals surface area contributed by atoms with Crippen molar-refractivity contribution in [2.45, 2.75) is 0 Å². The van der Waals surface area contributed by atoms with Crippen molar-refractivity contribution < 1.29 is 0 Å². The number of benzene rings is 3. The van der Waals surface area contributed by atoms with E-state index in [1.54, 1.807) is 12.3 Å². The van der Waals surface area contributed by atoms with Gasteiger partial charge in [-0.15, -0.1) is 0 Å². The lowest BCUT2D eigenvalue weighted by atomic mass is 10.1. The van der Waals surface area contributed by atoms with E-state index in [0.29, 0.717) is 5.69 Å². The van der Waals surface area contributed by atoms with Gasteiger partial charge in [0.15, 0.2) is 0 Å². The van der Waals surface area contributed by atoms with Crippen molar-refractivity contribution in [2.75, 3.05) is 0 Å². The zero-order valence-electron chi connectivity index (χ0n) is 17.7. The lowest BCUT2D eigenvalue weighted by Gasteiger charge is -2.08. The van der Waals surface area contributed by atoms with Crippen LogP contribution < -0.4 is 0 Å². The van der Waals surface area contributed by atoms with E-state index in [1.165, 1.54) is 16.3 Å². The summed E-state index contributed by atoms with van der Waals surface area (Å²) < 4.78 is 2.30. The molecular formula is C29H18N4. The van der Waals surface area contributed by atoms with Crippen molar-refractivity contribution in [3.05, 3.63) is 115 Å². The average Bonchev–Trinajstić information content (AvgIpc) is 3.23. The van der Waals surface area contributed by atoms with Crippen LogP contribution in [0, 0.1) is 11.3 Å². The molecule has 3 heterocycles. The number of hydrogen-bond donors (Lipinski definition) is 0. The summed E-state index contributed by atoms with van der Waals surface area (Å²) in [4.78, 5) is 8.96. The summed E-state index contributed by atoms with van der Waals surface area (Å²) >= 11 is 0. The molecule has 0 atom stereocenters. The number of fused-ring (bicyclic) bond motifs is 3. The molecule has 0 unspecified atom stereocenters. The van der Waals surface area contributed by atoms with Gasteiger partial charge < -0.3 is 4.57 Å². The normalized spacial score (nSPS) is 11.0. The van der Waals surface area contributed by atoms with E-state index in [2.05, 4.69) is 82.4 Å². The number of pyridine rings is 2. The number of nitriles is 1. The molecule has 4 nitrogen and oxygen atoms in total. The SMILES string of the molecule is N#Cc1cc(-c2cccc(-c3ccc4c(c3)c3ccccc3n4-c3ccccc3)n2)ccn1. The second-order valence-corrected chi connectivity index (χ2v) is 7.87. The van der Waals surface area contributed by atoms with Crippen LogP contribution >= 0.6 is 0 Å². The molecule has 0 aliphatic rings. The molecule has 0 saturated carbocycles. The predicted octanol–water partition coefficient (Wildman–Crippen LogP) is 6.78. The summed E-state index contributed by atoms with van der Waals surface area (Å²) in [6.45, 7) is 0. The van der Waals surface area contributed by atoms with Crippen molar-refractivity contribution in [1.29, 1.82) is 5.26 Å². The van der Waals surface area contributed by atoms with Gasteiger partial charge in [0.2, 0.25) is 0 Å². The maximum atomic E-state index is 9.18. The molecule has 4 heteroatoms. The summed E-state index contributed by atoms with van der Waals surface area (Å²) in [7, 11) is 0. The van der Waals surface area contributed by atoms with E-state index in [9.17, 15) is 5.26 Å². The Morgan fingerprint density at radius 1 is 0.636 bits per heavy atom. The molecule has 0 aliphatic heterocycles. The number of para-hydroxylation sites is 2. The van der Waals surface area contributed by atoms with E-state index < -0.39 is 0 Å². The van der Waals surface area contributed by atoms with Crippen LogP contribution in [0.3, 0.4) is 0 Å². The fourth-order valence-electron chi connectivity index (χ4n) is 4.39. The Labute approximate surface area is 191 Å². The van der Waals surface area contributed by atoms with E-state index in [0.717, 1.165) is 33.7 Å². The van der Waals surface area contributed by atoms with Gasteiger partial charge in [0.05, 0.1) is 22.4 Å². The monoisotopic (exact) mass is 422 g/mol. The maximum absolute atomic E-state index is 9.18. The third kappa shape index (κ3) is 3.24. The molecule has 3 aromatic carbocycles. The Morgan fingerprint density at radius 3 is 2.18 bits per heavy atom. The molecule has 0 bridgehead atoms. The highest BCUT2D eigenvalue weighted by Crippen LogP contribution is 2.34. The van der Waals surface area contributed by atoms with Gasteiger partial charge in [0.1, 0.15) is 11.8 Å². The topological polar surface area (TPSA) is 54.5 Å². The summed E-state index contributed by atoms with van der Waals surface area (Å²) in [5.74, 6) is 0. The molecule has 0 N–H and O–H groups in total. The van der Waals surface area contributed by atoms with E-state index >= 15 is 0 Å². The first-order valence-electron chi connectivity index (χ1n) is 10.7. The second-order valence-electron chi connectivity index (χ2n) is 7.87. The van der Waals surface area contributed by atoms with Crippen molar-refractivity contribution >= 4 is 21.8 Å². The molecule has 6 rings (SSSR count). The first-order valence-corrected chi connectivity index (χ1v) is 10.7. The lowest BCUT2D eigenvalue weighted by molar-refractivity contribution is 1.18. The quantitative estimate of drug-likeness (QED) is 0.316. The average molecular weight is 422 g/mol. The van der Waals surface area contributed by atoms with Crippen LogP contribution in [0.5, 0.6) is 0 Å². The fraction of sp³-hybridized carbons (Fsp3) is 0. The Hall–Kier alpha value is -4.75. The Balaban J connectivity index is 1.53. The van der Waals surface area contributed by atoms with Crippen molar-refractivity contribution in [2.24, 2.45) is 0 Å². The standard InChI is InChI=1S/C29H18N4/c30-19-22-17-21(15-16-31-22)27-11-6-10-26(32-27)20-13-14-29-25(18-20)24-9-4-5-12-28(24)33(29)23-7-2-1-3-8-23/h1-18H. The van der Waals surface area contributed by atoms with Gasteiger partial charge in [-0.3, -0.25) is 0 Å². The third-order valence-corrected chi connectivity index (χ3v) is 5.90. The lowest BCUT2D eigenvalue weighted by Crippen LogP contribution is -1.93. The van der Waals surface area contributed by atoms with Gasteiger partial charge in [-0.2, -0.15) is 5.26 Å². The molecule has 0 fully saturated rings. The van der Waals surface area contributed by atoms with Crippen LogP contribution in [0.2, 0.25) is 0 Å². The summed E-state index contributed by atoms with van der Waals surface area (Å²) in [5.41, 5.74) is 7.50. The van der Waals surface area contributed by atoms with Gasteiger partial charge in [-0.05, 0) is 54.6 Å². The first kappa shape index (κ1) is 19.0. The highest BCUT2D eigenvalue weighted by Gasteiger charge is 2.13. The summed E-state index contributed by atoms with van der Waals surface area (Å²) in [6, 6.07) is 37.2. The minimum Gasteiger partial charge on any atom is -0.309 e. The van der Waals surface area contributed by atoms with E-state index in [-0.39, 0.29) is 0 Å². The summed E-state index contributed by atoms with van der Waals surface area (Å²) in [5, 5.41) is 11.6. The van der Waals surface area contributed by atoms with Gasteiger partial charge in [-0.25, -0.2) is 9.97 Å². The zero-order valence-corrected chi connectivity index (χ0v) is 17.7. The first-order chi connectivity index (χ1) is 16.3. The molecule has 154 valence electrons. The van der Waals surface area contributed by atoms with Crippen LogP contribution in [0.4, 0.5) is 0 Å². The van der Waals surface area contributed by atoms with Crippen LogP contribution in [0.25, 0.3) is 50.0 Å². The molecular weight excluding hydrogens is 404 g/mol. The smallest absolute Gasteiger partial charge is 0.141 e.